The Morgan fingerprint density at radius 1 is 1.60 bits per heavy atom. The van der Waals surface area contributed by atoms with E-state index in [1.807, 2.05) is 6.92 Å². The Kier molecular flexibility index (Phi) is 2.77. The summed E-state index contributed by atoms with van der Waals surface area (Å²) in [4.78, 5) is 1.56. The summed E-state index contributed by atoms with van der Waals surface area (Å²) in [5.74, 6) is 1.13. The smallest absolute Gasteiger partial charge is 0.240 e. The Bertz CT molecular complexity index is 408. The Morgan fingerprint density at radius 3 is 3.13 bits per heavy atom. The van der Waals surface area contributed by atoms with Gasteiger partial charge in [-0.3, -0.25) is 0 Å². The summed E-state index contributed by atoms with van der Waals surface area (Å²) in [6, 6.07) is 3.75. The largest absolute Gasteiger partial charge is 0.461 e. The van der Waals surface area contributed by atoms with Gasteiger partial charge in [-0.1, -0.05) is 0 Å². The molecule has 2 aromatic rings. The maximum Gasteiger partial charge on any atom is 0.240 e. The van der Waals surface area contributed by atoms with Gasteiger partial charge < -0.3 is 10.2 Å². The summed E-state index contributed by atoms with van der Waals surface area (Å²) in [5.41, 5.74) is 5.46. The highest BCUT2D eigenvalue weighted by Gasteiger charge is 2.11. The first-order chi connectivity index (χ1) is 7.31. The van der Waals surface area contributed by atoms with Crippen LogP contribution in [0.1, 0.15) is 19.4 Å². The minimum atomic E-state index is 0.159. The van der Waals surface area contributed by atoms with Crippen molar-refractivity contribution in [2.24, 2.45) is 5.73 Å². The fourth-order valence-electron chi connectivity index (χ4n) is 1.27. The normalized spacial score (nSPS) is 12.9. The van der Waals surface area contributed by atoms with E-state index in [9.17, 15) is 0 Å². The van der Waals surface area contributed by atoms with Crippen LogP contribution in [0.4, 0.5) is 0 Å². The number of tetrazole rings is 1. The maximum absolute atomic E-state index is 5.46. The summed E-state index contributed by atoms with van der Waals surface area (Å²) >= 11 is 0. The average Bonchev–Trinajstić information content (AvgIpc) is 2.89. The van der Waals surface area contributed by atoms with Gasteiger partial charge in [0, 0.05) is 0 Å². The maximum atomic E-state index is 5.46. The van der Waals surface area contributed by atoms with Gasteiger partial charge in [0.2, 0.25) is 5.82 Å². The second-order valence-electron chi connectivity index (χ2n) is 3.34. The third-order valence-corrected chi connectivity index (χ3v) is 2.15. The Hall–Kier alpha value is -1.69. The van der Waals surface area contributed by atoms with Crippen LogP contribution in [0, 0.1) is 0 Å². The van der Waals surface area contributed by atoms with E-state index in [0.29, 0.717) is 18.1 Å². The van der Waals surface area contributed by atoms with Crippen molar-refractivity contribution in [2.75, 3.05) is 6.54 Å². The van der Waals surface area contributed by atoms with E-state index in [1.54, 1.807) is 23.2 Å². The van der Waals surface area contributed by atoms with E-state index in [2.05, 4.69) is 15.4 Å². The summed E-state index contributed by atoms with van der Waals surface area (Å²) < 4.78 is 5.17. The monoisotopic (exact) mass is 207 g/mol. The van der Waals surface area contributed by atoms with Crippen molar-refractivity contribution in [3.05, 3.63) is 18.4 Å². The Balaban J connectivity index is 2.17. The van der Waals surface area contributed by atoms with Gasteiger partial charge in [0.05, 0.1) is 12.3 Å². The molecule has 0 aliphatic heterocycles. The molecule has 0 fully saturated rings. The van der Waals surface area contributed by atoms with Gasteiger partial charge >= 0.3 is 0 Å². The van der Waals surface area contributed by atoms with Gasteiger partial charge in [-0.05, 0) is 37.2 Å². The van der Waals surface area contributed by atoms with Crippen LogP contribution in [0.3, 0.4) is 0 Å². The van der Waals surface area contributed by atoms with Gasteiger partial charge in [0.15, 0.2) is 5.76 Å². The lowest BCUT2D eigenvalue weighted by atomic mass is 10.2. The fourth-order valence-corrected chi connectivity index (χ4v) is 1.27. The fraction of sp³-hybridized carbons (Fsp3) is 0.444. The highest BCUT2D eigenvalue weighted by Crippen LogP contribution is 2.14. The molecular formula is C9H13N5O. The molecule has 0 amide bonds. The third kappa shape index (κ3) is 2.04. The lowest BCUT2D eigenvalue weighted by molar-refractivity contribution is 0.405. The molecule has 0 saturated heterocycles. The predicted molar refractivity (Wildman–Crippen MR) is 53.9 cm³/mol. The molecule has 0 aliphatic rings. The first-order valence-electron chi connectivity index (χ1n) is 4.84. The lowest BCUT2D eigenvalue weighted by Gasteiger charge is -2.06. The molecule has 15 heavy (non-hydrogen) atoms. The van der Waals surface area contributed by atoms with E-state index in [0.717, 1.165) is 6.42 Å². The molecule has 6 heteroatoms. The zero-order valence-electron chi connectivity index (χ0n) is 8.50. The van der Waals surface area contributed by atoms with Gasteiger partial charge in [-0.25, -0.2) is 0 Å². The van der Waals surface area contributed by atoms with Crippen LogP contribution in [0.25, 0.3) is 11.6 Å². The molecule has 80 valence electrons. The van der Waals surface area contributed by atoms with Crippen molar-refractivity contribution < 1.29 is 4.42 Å². The number of nitrogens with two attached hydrogens (primary N) is 1. The molecule has 0 aliphatic carbocycles. The van der Waals surface area contributed by atoms with E-state index < -0.39 is 0 Å². The second-order valence-corrected chi connectivity index (χ2v) is 3.34. The molecule has 1 unspecified atom stereocenters. The molecule has 2 heterocycles. The van der Waals surface area contributed by atoms with Crippen LogP contribution in [-0.4, -0.2) is 26.8 Å². The Labute approximate surface area is 87.1 Å². The van der Waals surface area contributed by atoms with Crippen LogP contribution in [-0.2, 0) is 0 Å². The summed E-state index contributed by atoms with van der Waals surface area (Å²) in [6.07, 6.45) is 2.41. The van der Waals surface area contributed by atoms with Crippen LogP contribution in [0.15, 0.2) is 22.8 Å². The van der Waals surface area contributed by atoms with Crippen molar-refractivity contribution in [2.45, 2.75) is 19.4 Å². The second kappa shape index (κ2) is 4.22. The molecule has 0 bridgehead atoms. The zero-order chi connectivity index (χ0) is 10.7. The molecular weight excluding hydrogens is 194 g/mol. The van der Waals surface area contributed by atoms with E-state index in [1.165, 1.54) is 0 Å². The Morgan fingerprint density at radius 2 is 2.47 bits per heavy atom. The topological polar surface area (TPSA) is 82.8 Å². The zero-order valence-corrected chi connectivity index (χ0v) is 8.50. The van der Waals surface area contributed by atoms with Crippen molar-refractivity contribution in [1.29, 1.82) is 0 Å². The molecule has 2 aromatic heterocycles. The highest BCUT2D eigenvalue weighted by atomic mass is 16.3. The molecule has 1 atom stereocenters. The van der Waals surface area contributed by atoms with Gasteiger partial charge in [0.25, 0.3) is 0 Å². The number of furan rings is 1. The van der Waals surface area contributed by atoms with Crippen molar-refractivity contribution in [3.63, 3.8) is 0 Å². The SMILES string of the molecule is CC(CCN)n1nnc(-c2ccco2)n1. The first-order valence-corrected chi connectivity index (χ1v) is 4.84. The number of hydrogen-bond acceptors (Lipinski definition) is 5. The molecule has 6 nitrogen and oxygen atoms in total. The number of hydrogen-bond donors (Lipinski definition) is 1. The lowest BCUT2D eigenvalue weighted by Crippen LogP contribution is -2.13. The molecule has 0 aromatic carbocycles. The average molecular weight is 207 g/mol. The number of rotatable bonds is 4. The van der Waals surface area contributed by atoms with Gasteiger partial charge in [0.1, 0.15) is 0 Å². The summed E-state index contributed by atoms with van der Waals surface area (Å²) in [5, 5.41) is 12.1. The van der Waals surface area contributed by atoms with Crippen molar-refractivity contribution in [1.82, 2.24) is 20.2 Å². The van der Waals surface area contributed by atoms with E-state index in [-0.39, 0.29) is 6.04 Å². The van der Waals surface area contributed by atoms with E-state index >= 15 is 0 Å². The third-order valence-electron chi connectivity index (χ3n) is 2.15. The molecule has 2 N–H and O–H groups in total. The number of aromatic nitrogens is 4. The van der Waals surface area contributed by atoms with Crippen LogP contribution in [0.5, 0.6) is 0 Å². The minimum absolute atomic E-state index is 0.159. The molecule has 0 spiro atoms. The van der Waals surface area contributed by atoms with Crippen LogP contribution >= 0.6 is 0 Å². The van der Waals surface area contributed by atoms with Gasteiger partial charge in [-0.15, -0.1) is 10.2 Å². The first kappa shape index (κ1) is 9.85. The molecule has 2 rings (SSSR count). The number of nitrogens with zero attached hydrogens (tertiary/aromatic N) is 4. The van der Waals surface area contributed by atoms with Gasteiger partial charge in [-0.2, -0.15) is 4.80 Å². The standard InChI is InChI=1S/C9H13N5O/c1-7(4-5-10)14-12-9(11-13-14)8-3-2-6-15-8/h2-3,6-7H,4-5,10H2,1H3. The quantitative estimate of drug-likeness (QED) is 0.803. The van der Waals surface area contributed by atoms with Crippen LogP contribution in [0.2, 0.25) is 0 Å². The predicted octanol–water partition coefficient (Wildman–Crippen LogP) is 0.843. The summed E-state index contributed by atoms with van der Waals surface area (Å²) in [7, 11) is 0. The highest BCUT2D eigenvalue weighted by molar-refractivity contribution is 5.43. The van der Waals surface area contributed by atoms with E-state index in [4.69, 9.17) is 10.2 Å². The van der Waals surface area contributed by atoms with Crippen molar-refractivity contribution >= 4 is 0 Å². The molecule has 0 saturated carbocycles. The van der Waals surface area contributed by atoms with Crippen LogP contribution < -0.4 is 5.73 Å². The summed E-state index contributed by atoms with van der Waals surface area (Å²) in [6.45, 7) is 2.61. The minimum Gasteiger partial charge on any atom is -0.461 e. The van der Waals surface area contributed by atoms with Crippen molar-refractivity contribution in [3.8, 4) is 11.6 Å². The molecule has 0 radical (unpaired) electrons.